The van der Waals surface area contributed by atoms with Crippen LogP contribution in [0.2, 0.25) is 0 Å². The Balaban J connectivity index is 2.58. The summed E-state index contributed by atoms with van der Waals surface area (Å²) in [6.45, 7) is 0.825. The number of aliphatic hydroxyl groups excluding tert-OH is 2. The molecule has 0 amide bonds. The number of ether oxygens (including phenoxy) is 2. The minimum absolute atomic E-state index is 0.182. The molecule has 1 aliphatic heterocycles. The highest BCUT2D eigenvalue weighted by molar-refractivity contribution is 5.02. The molecule has 0 unspecified atom stereocenters. The normalized spacial score (nSPS) is 17.4. The van der Waals surface area contributed by atoms with Crippen molar-refractivity contribution in [2.24, 2.45) is 0 Å². The number of methoxy groups -OCH3 is 2. The molecule has 1 rings (SSSR count). The van der Waals surface area contributed by atoms with Crippen LogP contribution in [0.15, 0.2) is 11.8 Å². The van der Waals surface area contributed by atoms with Gasteiger partial charge in [-0.3, -0.25) is 9.80 Å². The van der Waals surface area contributed by atoms with E-state index in [0.29, 0.717) is 6.67 Å². The van der Waals surface area contributed by atoms with Crippen molar-refractivity contribution < 1.29 is 19.7 Å². The van der Waals surface area contributed by atoms with Gasteiger partial charge in [-0.15, -0.1) is 0 Å². The van der Waals surface area contributed by atoms with Gasteiger partial charge >= 0.3 is 0 Å². The molecular weight excluding hydrogens is 176 g/mol. The van der Waals surface area contributed by atoms with Gasteiger partial charge in [0.25, 0.3) is 11.8 Å². The lowest BCUT2D eigenvalue weighted by Crippen LogP contribution is -2.30. The average Bonchev–Trinajstić information content (AvgIpc) is 2.36. The number of hydrogen-bond acceptors (Lipinski definition) is 6. The lowest BCUT2D eigenvalue weighted by Gasteiger charge is -2.19. The summed E-state index contributed by atoms with van der Waals surface area (Å²) in [5.41, 5.74) is 0. The molecular formula is C7H14N2O4. The van der Waals surface area contributed by atoms with Crippen molar-refractivity contribution in [3.8, 4) is 0 Å². The van der Waals surface area contributed by atoms with Crippen molar-refractivity contribution in [3.05, 3.63) is 11.8 Å². The summed E-state index contributed by atoms with van der Waals surface area (Å²) in [5, 5.41) is 18.7. The standard InChI is InChI=1S/C7H14N2O4/c1-12-4-8-3-9(5-13-2)7(11)6(8)10/h10-11H,3-5H2,1-2H3. The third kappa shape index (κ3) is 1.96. The number of rotatable bonds is 4. The summed E-state index contributed by atoms with van der Waals surface area (Å²) >= 11 is 0. The monoisotopic (exact) mass is 190 g/mol. The van der Waals surface area contributed by atoms with Crippen LogP contribution < -0.4 is 0 Å². The van der Waals surface area contributed by atoms with Crippen molar-refractivity contribution in [2.45, 2.75) is 0 Å². The summed E-state index contributed by atoms with van der Waals surface area (Å²) in [6, 6.07) is 0. The highest BCUT2D eigenvalue weighted by atomic mass is 16.5. The van der Waals surface area contributed by atoms with Crippen LogP contribution in [0.3, 0.4) is 0 Å². The Morgan fingerprint density at radius 2 is 1.46 bits per heavy atom. The van der Waals surface area contributed by atoms with Crippen molar-refractivity contribution >= 4 is 0 Å². The minimum atomic E-state index is -0.182. The lowest BCUT2D eigenvalue weighted by atomic mass is 10.7. The molecule has 6 heteroatoms. The van der Waals surface area contributed by atoms with Gasteiger partial charge in [0.15, 0.2) is 0 Å². The van der Waals surface area contributed by atoms with E-state index in [1.165, 1.54) is 24.0 Å². The Morgan fingerprint density at radius 1 is 1.08 bits per heavy atom. The third-order valence-corrected chi connectivity index (χ3v) is 1.71. The van der Waals surface area contributed by atoms with Crippen LogP contribution in [0.1, 0.15) is 0 Å². The molecule has 2 N–H and O–H groups in total. The molecule has 0 radical (unpaired) electrons. The smallest absolute Gasteiger partial charge is 0.252 e. The van der Waals surface area contributed by atoms with Gasteiger partial charge in [-0.2, -0.15) is 0 Å². The van der Waals surface area contributed by atoms with Crippen LogP contribution in [-0.4, -0.2) is 54.4 Å². The molecule has 13 heavy (non-hydrogen) atoms. The van der Waals surface area contributed by atoms with E-state index in [1.807, 2.05) is 0 Å². The van der Waals surface area contributed by atoms with Crippen molar-refractivity contribution in [1.29, 1.82) is 0 Å². The molecule has 0 bridgehead atoms. The number of hydrogen-bond donors (Lipinski definition) is 2. The molecule has 0 fully saturated rings. The summed E-state index contributed by atoms with van der Waals surface area (Å²) in [6.07, 6.45) is 0. The first-order valence-electron chi connectivity index (χ1n) is 3.80. The summed E-state index contributed by atoms with van der Waals surface area (Å²) in [4.78, 5) is 2.96. The van der Waals surface area contributed by atoms with Crippen LogP contribution in [0.5, 0.6) is 0 Å². The quantitative estimate of drug-likeness (QED) is 0.651. The van der Waals surface area contributed by atoms with E-state index in [4.69, 9.17) is 9.47 Å². The first-order chi connectivity index (χ1) is 6.20. The second-order valence-electron chi connectivity index (χ2n) is 2.70. The maximum Gasteiger partial charge on any atom is 0.252 e. The molecule has 0 aromatic heterocycles. The maximum absolute atomic E-state index is 9.36. The van der Waals surface area contributed by atoms with E-state index in [9.17, 15) is 10.2 Å². The first kappa shape index (κ1) is 9.94. The van der Waals surface area contributed by atoms with Gasteiger partial charge in [0.1, 0.15) is 20.1 Å². The summed E-state index contributed by atoms with van der Waals surface area (Å²) in [7, 11) is 3.03. The van der Waals surface area contributed by atoms with Crippen molar-refractivity contribution in [1.82, 2.24) is 9.80 Å². The Labute approximate surface area is 76.6 Å². The third-order valence-electron chi connectivity index (χ3n) is 1.71. The van der Waals surface area contributed by atoms with Crippen LogP contribution in [0.25, 0.3) is 0 Å². The van der Waals surface area contributed by atoms with Crippen molar-refractivity contribution in [3.63, 3.8) is 0 Å². The largest absolute Gasteiger partial charge is 0.491 e. The van der Waals surface area contributed by atoms with E-state index >= 15 is 0 Å². The van der Waals surface area contributed by atoms with E-state index < -0.39 is 0 Å². The topological polar surface area (TPSA) is 65.4 Å². The van der Waals surface area contributed by atoms with Gasteiger partial charge in [-0.25, -0.2) is 0 Å². The van der Waals surface area contributed by atoms with E-state index in [-0.39, 0.29) is 25.2 Å². The zero-order valence-corrected chi connectivity index (χ0v) is 7.73. The lowest BCUT2D eigenvalue weighted by molar-refractivity contribution is 0.0157. The number of nitrogens with zero attached hydrogens (tertiary/aromatic N) is 2. The zero-order valence-electron chi connectivity index (χ0n) is 7.73. The fraction of sp³-hybridized carbons (Fsp3) is 0.714. The van der Waals surface area contributed by atoms with Gasteiger partial charge in [-0.05, 0) is 0 Å². The molecule has 0 atom stereocenters. The predicted octanol–water partition coefficient (Wildman–Crippen LogP) is 0.0119. The van der Waals surface area contributed by atoms with E-state index in [0.717, 1.165) is 0 Å². The Kier molecular flexibility index (Phi) is 3.21. The van der Waals surface area contributed by atoms with Crippen molar-refractivity contribution in [2.75, 3.05) is 34.3 Å². The molecule has 1 heterocycles. The molecule has 6 nitrogen and oxygen atoms in total. The molecule has 0 saturated carbocycles. The molecule has 0 spiro atoms. The SMILES string of the molecule is COCN1CN(COC)C(O)=C1O. The van der Waals surface area contributed by atoms with Crippen LogP contribution >= 0.6 is 0 Å². The van der Waals surface area contributed by atoms with Gasteiger partial charge in [0.05, 0.1) is 0 Å². The predicted molar refractivity (Wildman–Crippen MR) is 44.6 cm³/mol. The van der Waals surface area contributed by atoms with Gasteiger partial charge in [0.2, 0.25) is 0 Å². The number of aliphatic hydroxyl groups is 2. The van der Waals surface area contributed by atoms with E-state index in [1.54, 1.807) is 0 Å². The maximum atomic E-state index is 9.36. The molecule has 0 aromatic rings. The van der Waals surface area contributed by atoms with Crippen LogP contribution in [0, 0.1) is 0 Å². The van der Waals surface area contributed by atoms with Gasteiger partial charge < -0.3 is 19.7 Å². The molecule has 76 valence electrons. The van der Waals surface area contributed by atoms with Gasteiger partial charge in [-0.1, -0.05) is 0 Å². The zero-order chi connectivity index (χ0) is 9.84. The summed E-state index contributed by atoms with van der Waals surface area (Å²) in [5.74, 6) is -0.363. The first-order valence-corrected chi connectivity index (χ1v) is 3.80. The fourth-order valence-corrected chi connectivity index (χ4v) is 1.14. The minimum Gasteiger partial charge on any atom is -0.491 e. The summed E-state index contributed by atoms with van der Waals surface area (Å²) < 4.78 is 9.65. The Bertz CT molecular complexity index is 187. The van der Waals surface area contributed by atoms with Gasteiger partial charge in [0, 0.05) is 14.2 Å². The van der Waals surface area contributed by atoms with Crippen LogP contribution in [-0.2, 0) is 9.47 Å². The molecule has 0 saturated heterocycles. The fourth-order valence-electron chi connectivity index (χ4n) is 1.14. The second-order valence-corrected chi connectivity index (χ2v) is 2.70. The van der Waals surface area contributed by atoms with Crippen LogP contribution in [0.4, 0.5) is 0 Å². The highest BCUT2D eigenvalue weighted by Crippen LogP contribution is 2.18. The highest BCUT2D eigenvalue weighted by Gasteiger charge is 2.28. The Morgan fingerprint density at radius 3 is 1.77 bits per heavy atom. The average molecular weight is 190 g/mol. The van der Waals surface area contributed by atoms with E-state index in [2.05, 4.69) is 0 Å². The molecule has 0 aromatic carbocycles. The molecule has 1 aliphatic rings. The Hall–Kier alpha value is -1.14. The second kappa shape index (κ2) is 4.20. The molecule has 0 aliphatic carbocycles.